The third kappa shape index (κ3) is 2.73. The predicted molar refractivity (Wildman–Crippen MR) is 93.5 cm³/mol. The van der Waals surface area contributed by atoms with Gasteiger partial charge < -0.3 is 14.8 Å². The zero-order valence-electron chi connectivity index (χ0n) is 13.7. The van der Waals surface area contributed by atoms with E-state index < -0.39 is 0 Å². The first kappa shape index (κ1) is 14.8. The molecule has 0 saturated carbocycles. The van der Waals surface area contributed by atoms with Crippen molar-refractivity contribution in [2.45, 2.75) is 26.3 Å². The molecule has 0 atom stereocenters. The summed E-state index contributed by atoms with van der Waals surface area (Å²) in [5.41, 5.74) is 2.08. The smallest absolute Gasteiger partial charge is 0.231 e. The van der Waals surface area contributed by atoms with Gasteiger partial charge in [-0.05, 0) is 29.8 Å². The Bertz CT molecular complexity index is 893. The number of aromatic nitrogens is 2. The number of benzene rings is 2. The average molecular weight is 321 g/mol. The van der Waals surface area contributed by atoms with E-state index in [1.807, 2.05) is 42.5 Å². The number of nitrogens with one attached hydrogen (secondary N) is 1. The highest BCUT2D eigenvalue weighted by atomic mass is 16.7. The number of anilines is 1. The molecule has 1 N–H and O–H groups in total. The van der Waals surface area contributed by atoms with E-state index in [2.05, 4.69) is 24.1 Å². The maximum Gasteiger partial charge on any atom is 0.231 e. The van der Waals surface area contributed by atoms with E-state index in [-0.39, 0.29) is 5.92 Å². The molecule has 2 aromatic carbocycles. The van der Waals surface area contributed by atoms with Crippen LogP contribution in [-0.4, -0.2) is 16.8 Å². The Morgan fingerprint density at radius 1 is 1.04 bits per heavy atom. The third-order valence-corrected chi connectivity index (χ3v) is 4.03. The van der Waals surface area contributed by atoms with Crippen LogP contribution < -0.4 is 14.8 Å². The van der Waals surface area contributed by atoms with E-state index in [1.54, 1.807) is 0 Å². The molecule has 0 unspecified atom stereocenters. The molecule has 0 saturated heterocycles. The van der Waals surface area contributed by atoms with Crippen LogP contribution in [0.2, 0.25) is 0 Å². The average Bonchev–Trinajstić information content (AvgIpc) is 3.07. The monoisotopic (exact) mass is 321 g/mol. The van der Waals surface area contributed by atoms with Crippen LogP contribution in [0.5, 0.6) is 11.5 Å². The van der Waals surface area contributed by atoms with E-state index in [1.165, 1.54) is 0 Å². The molecule has 0 aliphatic carbocycles. The summed E-state index contributed by atoms with van der Waals surface area (Å²) < 4.78 is 10.8. The summed E-state index contributed by atoms with van der Waals surface area (Å²) in [6.07, 6.45) is 0. The van der Waals surface area contributed by atoms with Crippen molar-refractivity contribution >= 4 is 16.7 Å². The Morgan fingerprint density at radius 2 is 1.88 bits per heavy atom. The summed E-state index contributed by atoms with van der Waals surface area (Å²) >= 11 is 0. The molecule has 24 heavy (non-hydrogen) atoms. The molecule has 122 valence electrons. The molecular formula is C19H19N3O2. The fourth-order valence-corrected chi connectivity index (χ4v) is 2.72. The first-order chi connectivity index (χ1) is 11.7. The lowest BCUT2D eigenvalue weighted by Crippen LogP contribution is -2.06. The van der Waals surface area contributed by atoms with E-state index in [4.69, 9.17) is 14.5 Å². The molecular weight excluding hydrogens is 302 g/mol. The number of hydrogen-bond donors (Lipinski definition) is 1. The highest BCUT2D eigenvalue weighted by Crippen LogP contribution is 2.33. The number of para-hydroxylation sites is 1. The first-order valence-corrected chi connectivity index (χ1v) is 8.10. The first-order valence-electron chi connectivity index (χ1n) is 8.10. The minimum atomic E-state index is 0.278. The van der Waals surface area contributed by atoms with Gasteiger partial charge in [-0.1, -0.05) is 32.0 Å². The molecule has 1 aromatic heterocycles. The normalized spacial score (nSPS) is 12.8. The molecule has 0 amide bonds. The van der Waals surface area contributed by atoms with Gasteiger partial charge in [-0.2, -0.15) is 0 Å². The second kappa shape index (κ2) is 6.00. The second-order valence-electron chi connectivity index (χ2n) is 6.14. The molecule has 5 nitrogen and oxygen atoms in total. The number of rotatable bonds is 4. The fraction of sp³-hybridized carbons (Fsp3) is 0.263. The molecule has 0 bridgehead atoms. The van der Waals surface area contributed by atoms with Crippen molar-refractivity contribution in [3.8, 4) is 11.5 Å². The quantitative estimate of drug-likeness (QED) is 0.784. The van der Waals surface area contributed by atoms with Gasteiger partial charge in [0.05, 0.1) is 5.52 Å². The van der Waals surface area contributed by atoms with Gasteiger partial charge in [0.1, 0.15) is 11.6 Å². The molecule has 0 fully saturated rings. The van der Waals surface area contributed by atoms with Crippen LogP contribution in [0.1, 0.15) is 31.2 Å². The van der Waals surface area contributed by atoms with Gasteiger partial charge in [0.2, 0.25) is 6.79 Å². The lowest BCUT2D eigenvalue weighted by Gasteiger charge is -2.12. The predicted octanol–water partition coefficient (Wildman–Crippen LogP) is 4.09. The van der Waals surface area contributed by atoms with Crippen LogP contribution in [0.3, 0.4) is 0 Å². The van der Waals surface area contributed by atoms with Crippen molar-refractivity contribution in [1.29, 1.82) is 0 Å². The van der Waals surface area contributed by atoms with Gasteiger partial charge in [-0.25, -0.2) is 9.97 Å². The van der Waals surface area contributed by atoms with Gasteiger partial charge in [0, 0.05) is 17.8 Å². The Morgan fingerprint density at radius 3 is 2.75 bits per heavy atom. The number of fused-ring (bicyclic) bond motifs is 2. The summed E-state index contributed by atoms with van der Waals surface area (Å²) in [7, 11) is 0. The molecule has 4 rings (SSSR count). The van der Waals surface area contributed by atoms with Crippen LogP contribution in [0.15, 0.2) is 42.5 Å². The molecule has 0 radical (unpaired) electrons. The van der Waals surface area contributed by atoms with Gasteiger partial charge in [0.25, 0.3) is 0 Å². The summed E-state index contributed by atoms with van der Waals surface area (Å²) in [6, 6.07) is 14.1. The maximum atomic E-state index is 5.44. The van der Waals surface area contributed by atoms with Crippen LogP contribution in [0.4, 0.5) is 5.82 Å². The lowest BCUT2D eigenvalue weighted by molar-refractivity contribution is 0.174. The largest absolute Gasteiger partial charge is 0.454 e. The Balaban J connectivity index is 1.64. The van der Waals surface area contributed by atoms with Gasteiger partial charge in [0.15, 0.2) is 11.5 Å². The van der Waals surface area contributed by atoms with Crippen molar-refractivity contribution in [2.75, 3.05) is 12.1 Å². The summed E-state index contributed by atoms with van der Waals surface area (Å²) in [4.78, 5) is 9.36. The molecule has 5 heteroatoms. The summed E-state index contributed by atoms with van der Waals surface area (Å²) in [5.74, 6) is 3.59. The van der Waals surface area contributed by atoms with E-state index >= 15 is 0 Å². The lowest BCUT2D eigenvalue weighted by atomic mass is 10.1. The second-order valence-corrected chi connectivity index (χ2v) is 6.14. The van der Waals surface area contributed by atoms with Crippen LogP contribution in [-0.2, 0) is 6.54 Å². The van der Waals surface area contributed by atoms with Gasteiger partial charge in [-0.3, -0.25) is 0 Å². The minimum Gasteiger partial charge on any atom is -0.454 e. The zero-order valence-corrected chi connectivity index (χ0v) is 13.7. The highest BCUT2D eigenvalue weighted by Gasteiger charge is 2.14. The summed E-state index contributed by atoms with van der Waals surface area (Å²) in [6.45, 7) is 5.16. The summed E-state index contributed by atoms with van der Waals surface area (Å²) in [5, 5.41) is 4.47. The van der Waals surface area contributed by atoms with Crippen molar-refractivity contribution in [2.24, 2.45) is 0 Å². The Kier molecular flexibility index (Phi) is 3.69. The molecule has 3 aromatic rings. The van der Waals surface area contributed by atoms with Crippen LogP contribution in [0.25, 0.3) is 10.9 Å². The highest BCUT2D eigenvalue weighted by molar-refractivity contribution is 5.89. The van der Waals surface area contributed by atoms with Gasteiger partial charge >= 0.3 is 0 Å². The topological polar surface area (TPSA) is 56.3 Å². The standard InChI is InChI=1S/C19H19N3O2/c1-12(2)18-21-15-6-4-3-5-14(15)19(22-18)20-10-13-7-8-16-17(9-13)24-11-23-16/h3-9,12H,10-11H2,1-2H3,(H,20,21,22). The van der Waals surface area contributed by atoms with E-state index in [0.717, 1.165) is 39.6 Å². The Labute approximate surface area is 140 Å². The molecule has 0 spiro atoms. The van der Waals surface area contributed by atoms with Gasteiger partial charge in [-0.15, -0.1) is 0 Å². The number of hydrogen-bond acceptors (Lipinski definition) is 5. The molecule has 2 heterocycles. The van der Waals surface area contributed by atoms with Crippen molar-refractivity contribution < 1.29 is 9.47 Å². The SMILES string of the molecule is CC(C)c1nc(NCc2ccc3c(c2)OCO3)c2ccccc2n1. The number of nitrogens with zero attached hydrogens (tertiary/aromatic N) is 2. The van der Waals surface area contributed by atoms with E-state index in [9.17, 15) is 0 Å². The third-order valence-electron chi connectivity index (χ3n) is 4.03. The molecule has 1 aliphatic heterocycles. The Hall–Kier alpha value is -2.82. The fourth-order valence-electron chi connectivity index (χ4n) is 2.72. The zero-order chi connectivity index (χ0) is 16.5. The molecule has 1 aliphatic rings. The van der Waals surface area contributed by atoms with Crippen LogP contribution in [0, 0.1) is 0 Å². The van der Waals surface area contributed by atoms with Crippen LogP contribution >= 0.6 is 0 Å². The van der Waals surface area contributed by atoms with Crippen molar-refractivity contribution in [3.05, 3.63) is 53.9 Å². The van der Waals surface area contributed by atoms with Crippen molar-refractivity contribution in [1.82, 2.24) is 9.97 Å². The number of ether oxygens (including phenoxy) is 2. The van der Waals surface area contributed by atoms with Crippen molar-refractivity contribution in [3.63, 3.8) is 0 Å². The maximum absolute atomic E-state index is 5.44. The minimum absolute atomic E-state index is 0.278. The van der Waals surface area contributed by atoms with E-state index in [0.29, 0.717) is 13.3 Å².